The van der Waals surface area contributed by atoms with Crippen LogP contribution in [0.5, 0.6) is 0 Å². The molecule has 0 amide bonds. The fourth-order valence-electron chi connectivity index (χ4n) is 8.50. The minimum Gasteiger partial charge on any atom is -0.207 e. The second-order valence-corrected chi connectivity index (χ2v) is 20.3. The highest BCUT2D eigenvalue weighted by molar-refractivity contribution is 8.33. The molecule has 3 nitrogen and oxygen atoms in total. The molecule has 0 saturated carbocycles. The smallest absolute Gasteiger partial charge is 0.207 e. The average molecular weight is 727 g/mol. The van der Waals surface area contributed by atoms with E-state index in [1.807, 2.05) is 12.1 Å². The van der Waals surface area contributed by atoms with Crippen LogP contribution in [0.1, 0.15) is 61.1 Å². The fourth-order valence-corrected chi connectivity index (χ4v) is 15.2. The largest absolute Gasteiger partial charge is 0.274 e. The lowest BCUT2D eigenvalue weighted by atomic mass is 9.82. The van der Waals surface area contributed by atoms with E-state index in [9.17, 15) is 8.42 Å². The summed E-state index contributed by atoms with van der Waals surface area (Å²) in [4.78, 5) is 5.02. The molecule has 6 aromatic carbocycles. The third-order valence-corrected chi connectivity index (χ3v) is 16.7. The lowest BCUT2D eigenvalue weighted by Gasteiger charge is -2.43. The highest BCUT2D eigenvalue weighted by atomic mass is 32.3. The molecular formula is C45H42O3S3. The second kappa shape index (κ2) is 12.0. The summed E-state index contributed by atoms with van der Waals surface area (Å²) in [6.45, 7) is 13.3. The second-order valence-electron chi connectivity index (χ2n) is 14.8. The van der Waals surface area contributed by atoms with E-state index >= 15 is 0 Å². The maximum Gasteiger partial charge on any atom is 0.274 e. The van der Waals surface area contributed by atoms with Gasteiger partial charge in [0.1, 0.15) is 0 Å². The van der Waals surface area contributed by atoms with Gasteiger partial charge in [-0.3, -0.25) is 0 Å². The molecular weight excluding hydrogens is 685 g/mol. The Morgan fingerprint density at radius 3 is 1.69 bits per heavy atom. The summed E-state index contributed by atoms with van der Waals surface area (Å²) >= 11 is 1.78. The first-order chi connectivity index (χ1) is 24.2. The minimum atomic E-state index is -3.95. The number of hydrogen-bond donors (Lipinski definition) is 0. The van der Waals surface area contributed by atoms with Gasteiger partial charge in [0.2, 0.25) is 0 Å². The summed E-state index contributed by atoms with van der Waals surface area (Å²) in [6.07, 6.45) is 1.18. The van der Waals surface area contributed by atoms with Gasteiger partial charge < -0.3 is 0 Å². The van der Waals surface area contributed by atoms with Gasteiger partial charge in [0, 0.05) is 35.3 Å². The van der Waals surface area contributed by atoms with E-state index in [-0.39, 0.29) is 10.8 Å². The van der Waals surface area contributed by atoms with Crippen LogP contribution >= 0.6 is 22.1 Å². The Kier molecular flexibility index (Phi) is 8.00. The normalized spacial score (nSPS) is 16.8. The topological polar surface area (TPSA) is 43.4 Å². The Labute approximate surface area is 308 Å². The number of hydrogen-bond acceptors (Lipinski definition) is 4. The zero-order chi connectivity index (χ0) is 35.9. The van der Waals surface area contributed by atoms with E-state index in [0.29, 0.717) is 0 Å². The molecule has 0 fully saturated rings. The quantitative estimate of drug-likeness (QED) is 0.164. The van der Waals surface area contributed by atoms with Crippen molar-refractivity contribution in [2.75, 3.05) is 6.26 Å². The molecule has 0 spiro atoms. The van der Waals surface area contributed by atoms with Gasteiger partial charge in [0.15, 0.2) is 0 Å². The molecule has 0 aromatic heterocycles. The molecule has 0 saturated heterocycles. The molecule has 2 aliphatic rings. The van der Waals surface area contributed by atoms with Gasteiger partial charge in [0.05, 0.1) is 6.26 Å². The summed E-state index contributed by atoms with van der Waals surface area (Å²) in [5, 5.41) is 0. The maximum atomic E-state index is 13.6. The Balaban J connectivity index is 1.34. The molecule has 1 unspecified atom stereocenters. The van der Waals surface area contributed by atoms with Crippen LogP contribution in [-0.2, 0) is 24.6 Å². The van der Waals surface area contributed by atoms with Crippen LogP contribution in [0, 0.1) is 13.8 Å². The van der Waals surface area contributed by atoms with Gasteiger partial charge in [-0.05, 0) is 116 Å². The summed E-state index contributed by atoms with van der Waals surface area (Å²) in [6, 6.07) is 44.8. The predicted molar refractivity (Wildman–Crippen MR) is 213 cm³/mol. The van der Waals surface area contributed by atoms with Crippen molar-refractivity contribution in [2.24, 2.45) is 0 Å². The molecule has 258 valence electrons. The Morgan fingerprint density at radius 2 is 1.06 bits per heavy atom. The van der Waals surface area contributed by atoms with Crippen molar-refractivity contribution in [3.63, 3.8) is 0 Å². The molecule has 0 aliphatic heterocycles. The molecule has 6 aromatic rings. The summed E-state index contributed by atoms with van der Waals surface area (Å²) in [5.41, 5.74) is 11.5. The van der Waals surface area contributed by atoms with Gasteiger partial charge in [-0.2, -0.15) is 8.42 Å². The monoisotopic (exact) mass is 726 g/mol. The third kappa shape index (κ3) is 5.25. The van der Waals surface area contributed by atoms with Crippen molar-refractivity contribution in [1.82, 2.24) is 0 Å². The number of fused-ring (bicyclic) bond motifs is 6. The predicted octanol–water partition coefficient (Wildman–Crippen LogP) is 12.2. The summed E-state index contributed by atoms with van der Waals surface area (Å²) in [7, 11) is -6.76. The van der Waals surface area contributed by atoms with Crippen LogP contribution in [0.4, 0.5) is 0 Å². The molecule has 0 heterocycles. The van der Waals surface area contributed by atoms with Crippen LogP contribution < -0.4 is 0 Å². The molecule has 0 radical (unpaired) electrons. The zero-order valence-corrected chi connectivity index (χ0v) is 32.5. The van der Waals surface area contributed by atoms with Crippen molar-refractivity contribution in [3.05, 3.63) is 161 Å². The van der Waals surface area contributed by atoms with Crippen LogP contribution in [0.15, 0.2) is 152 Å². The SMILES string of the molecule is Cc1cc(S(OS(C)(=O)=O)(c2ccccc2C)c2cccc3c2C(C)(C)c2ccccc2-3)ccc1Sc1cccc2c1C(C)(C)c1ccccc1-2. The van der Waals surface area contributed by atoms with Crippen molar-refractivity contribution >= 4 is 32.2 Å². The Hall–Kier alpha value is -4.07. The van der Waals surface area contributed by atoms with E-state index in [1.54, 1.807) is 11.8 Å². The lowest BCUT2D eigenvalue weighted by molar-refractivity contribution is 0.514. The van der Waals surface area contributed by atoms with Crippen molar-refractivity contribution in [3.8, 4) is 22.3 Å². The highest BCUT2D eigenvalue weighted by Gasteiger charge is 2.46. The molecule has 0 bridgehead atoms. The zero-order valence-electron chi connectivity index (χ0n) is 30.1. The van der Waals surface area contributed by atoms with Crippen LogP contribution in [0.3, 0.4) is 0 Å². The van der Waals surface area contributed by atoms with E-state index in [4.69, 9.17) is 3.63 Å². The summed E-state index contributed by atoms with van der Waals surface area (Å²) in [5.74, 6) is 0. The summed E-state index contributed by atoms with van der Waals surface area (Å²) < 4.78 is 33.9. The van der Waals surface area contributed by atoms with E-state index < -0.39 is 20.4 Å². The first-order valence-electron chi connectivity index (χ1n) is 17.3. The molecule has 8 rings (SSSR count). The van der Waals surface area contributed by atoms with Crippen molar-refractivity contribution < 1.29 is 12.0 Å². The first kappa shape index (κ1) is 34.0. The average Bonchev–Trinajstić information content (AvgIpc) is 3.48. The molecule has 51 heavy (non-hydrogen) atoms. The Morgan fingerprint density at radius 1 is 0.529 bits per heavy atom. The van der Waals surface area contributed by atoms with Gasteiger partial charge in [-0.15, -0.1) is 0 Å². The van der Waals surface area contributed by atoms with Gasteiger partial charge in [0.25, 0.3) is 10.1 Å². The van der Waals surface area contributed by atoms with E-state index in [0.717, 1.165) is 41.8 Å². The van der Waals surface area contributed by atoms with Gasteiger partial charge in [-0.25, -0.2) is 3.63 Å². The third-order valence-electron chi connectivity index (χ3n) is 10.7. The van der Waals surface area contributed by atoms with Gasteiger partial charge >= 0.3 is 0 Å². The number of benzene rings is 6. The Bertz CT molecular complexity index is 2500. The first-order valence-corrected chi connectivity index (χ1v) is 21.5. The standard InChI is InChI=1S/C45H42O3S3/c1-29-16-8-13-24-40(29)51(48-50(7,46)47,41-25-15-20-35-33-18-10-12-22-37(33)45(5,6)43(35)41)31-26-27-38(30(2)28-31)49-39-23-14-19-34-32-17-9-11-21-36(32)44(3,4)42(34)39/h8-28H,1-7H3. The molecule has 1 atom stereocenters. The number of aryl methyl sites for hydroxylation is 2. The molecule has 0 N–H and O–H groups in total. The number of rotatable bonds is 7. The van der Waals surface area contributed by atoms with Crippen LogP contribution in [0.2, 0.25) is 0 Å². The van der Waals surface area contributed by atoms with Crippen molar-refractivity contribution in [2.45, 2.75) is 76.8 Å². The van der Waals surface area contributed by atoms with Gasteiger partial charge in [-0.1, -0.05) is 130 Å². The van der Waals surface area contributed by atoms with E-state index in [2.05, 4.69) is 157 Å². The van der Waals surface area contributed by atoms with Crippen molar-refractivity contribution in [1.29, 1.82) is 0 Å². The minimum absolute atomic E-state index is 0.130. The molecule has 2 aliphatic carbocycles. The molecule has 6 heteroatoms. The highest BCUT2D eigenvalue weighted by Crippen LogP contribution is 2.74. The van der Waals surface area contributed by atoms with Crippen LogP contribution in [0.25, 0.3) is 22.3 Å². The van der Waals surface area contributed by atoms with E-state index in [1.165, 1.54) is 44.5 Å². The fraction of sp³-hybridized carbons (Fsp3) is 0.200. The maximum absolute atomic E-state index is 13.6. The lowest BCUT2D eigenvalue weighted by Crippen LogP contribution is -2.21. The van der Waals surface area contributed by atoms with Crippen LogP contribution in [-0.4, -0.2) is 14.7 Å².